The van der Waals surface area contributed by atoms with Gasteiger partial charge in [0.05, 0.1) is 17.9 Å². The summed E-state index contributed by atoms with van der Waals surface area (Å²) < 4.78 is 13.5. The predicted molar refractivity (Wildman–Crippen MR) is 82.7 cm³/mol. The lowest BCUT2D eigenvalue weighted by atomic mass is 9.77. The minimum Gasteiger partial charge on any atom is -0.394 e. The van der Waals surface area contributed by atoms with Gasteiger partial charge in [-0.1, -0.05) is 19.1 Å². The molecule has 116 valence electrons. The van der Waals surface area contributed by atoms with E-state index in [9.17, 15) is 14.3 Å². The van der Waals surface area contributed by atoms with Crippen molar-refractivity contribution in [3.05, 3.63) is 30.1 Å². The zero-order valence-corrected chi connectivity index (χ0v) is 13.1. The van der Waals surface area contributed by atoms with Crippen molar-refractivity contribution in [1.29, 1.82) is 0 Å². The highest BCUT2D eigenvalue weighted by Gasteiger charge is 2.34. The van der Waals surface area contributed by atoms with Crippen molar-refractivity contribution in [1.82, 2.24) is 5.32 Å². The van der Waals surface area contributed by atoms with E-state index in [1.54, 1.807) is 18.2 Å². The fourth-order valence-corrected chi connectivity index (χ4v) is 3.41. The summed E-state index contributed by atoms with van der Waals surface area (Å²) in [7, 11) is 0. The van der Waals surface area contributed by atoms with Crippen molar-refractivity contribution < 1.29 is 14.3 Å². The topological polar surface area (TPSA) is 49.3 Å². The van der Waals surface area contributed by atoms with Gasteiger partial charge in [0, 0.05) is 4.90 Å². The van der Waals surface area contributed by atoms with E-state index in [1.165, 1.54) is 17.8 Å². The van der Waals surface area contributed by atoms with E-state index in [0.717, 1.165) is 25.7 Å². The monoisotopic (exact) mass is 311 g/mol. The summed E-state index contributed by atoms with van der Waals surface area (Å²) in [5, 5.41) is 12.6. The van der Waals surface area contributed by atoms with Crippen LogP contribution >= 0.6 is 11.8 Å². The van der Waals surface area contributed by atoms with Crippen LogP contribution in [0.5, 0.6) is 0 Å². The number of hydrogen-bond donors (Lipinski definition) is 2. The zero-order chi connectivity index (χ0) is 15.3. The van der Waals surface area contributed by atoms with Crippen molar-refractivity contribution in [2.75, 3.05) is 12.4 Å². The smallest absolute Gasteiger partial charge is 0.230 e. The average Bonchev–Trinajstić information content (AvgIpc) is 2.49. The van der Waals surface area contributed by atoms with Gasteiger partial charge in [-0.05, 0) is 43.7 Å². The summed E-state index contributed by atoms with van der Waals surface area (Å²) in [6.45, 7) is 2.16. The molecule has 1 aliphatic rings. The molecule has 0 heterocycles. The second kappa shape index (κ2) is 7.27. The van der Waals surface area contributed by atoms with Gasteiger partial charge in [-0.3, -0.25) is 4.79 Å². The Hall–Kier alpha value is -1.07. The highest BCUT2D eigenvalue weighted by atomic mass is 32.2. The molecule has 2 N–H and O–H groups in total. The van der Waals surface area contributed by atoms with Crippen LogP contribution in [-0.4, -0.2) is 28.9 Å². The summed E-state index contributed by atoms with van der Waals surface area (Å²) in [5.41, 5.74) is -0.487. The first-order valence-electron chi connectivity index (χ1n) is 7.34. The van der Waals surface area contributed by atoms with E-state index < -0.39 is 5.54 Å². The molecule has 5 heteroatoms. The number of nitrogens with one attached hydrogen (secondary N) is 1. The molecule has 1 fully saturated rings. The van der Waals surface area contributed by atoms with E-state index in [4.69, 9.17) is 0 Å². The summed E-state index contributed by atoms with van der Waals surface area (Å²) in [6, 6.07) is 6.43. The molecule has 0 saturated heterocycles. The maximum Gasteiger partial charge on any atom is 0.230 e. The van der Waals surface area contributed by atoms with Crippen molar-refractivity contribution >= 4 is 17.7 Å². The Balaban J connectivity index is 1.87. The van der Waals surface area contributed by atoms with E-state index in [-0.39, 0.29) is 24.1 Å². The average molecular weight is 311 g/mol. The molecule has 0 atom stereocenters. The van der Waals surface area contributed by atoms with Crippen LogP contribution in [0.2, 0.25) is 0 Å². The first-order chi connectivity index (χ1) is 10.0. The van der Waals surface area contributed by atoms with Crippen molar-refractivity contribution in [3.8, 4) is 0 Å². The number of hydrogen-bond acceptors (Lipinski definition) is 3. The molecule has 0 spiro atoms. The van der Waals surface area contributed by atoms with E-state index in [2.05, 4.69) is 12.2 Å². The lowest BCUT2D eigenvalue weighted by Crippen LogP contribution is -2.53. The van der Waals surface area contributed by atoms with E-state index >= 15 is 0 Å². The van der Waals surface area contributed by atoms with Gasteiger partial charge in [0.1, 0.15) is 5.82 Å². The molecule has 3 nitrogen and oxygen atoms in total. The summed E-state index contributed by atoms with van der Waals surface area (Å²) in [4.78, 5) is 12.6. The van der Waals surface area contributed by atoms with Crippen LogP contribution in [0.25, 0.3) is 0 Å². The molecule has 0 bridgehead atoms. The summed E-state index contributed by atoms with van der Waals surface area (Å²) in [5.74, 6) is 0.359. The highest BCUT2D eigenvalue weighted by Crippen LogP contribution is 2.31. The molecule has 1 aromatic carbocycles. The molecule has 1 aromatic rings. The number of benzene rings is 1. The predicted octanol–water partition coefficient (Wildman–Crippen LogP) is 2.98. The lowest BCUT2D eigenvalue weighted by molar-refractivity contribution is -0.121. The number of aliphatic hydroxyl groups is 1. The van der Waals surface area contributed by atoms with Crippen LogP contribution in [0.1, 0.15) is 32.6 Å². The fraction of sp³-hybridized carbons (Fsp3) is 0.562. The second-order valence-corrected chi connectivity index (χ2v) is 6.91. The molecule has 0 aromatic heterocycles. The van der Waals surface area contributed by atoms with Gasteiger partial charge < -0.3 is 10.4 Å². The van der Waals surface area contributed by atoms with Crippen LogP contribution in [-0.2, 0) is 4.79 Å². The number of carbonyl (C=O) groups excluding carboxylic acids is 1. The molecular weight excluding hydrogens is 289 g/mol. The number of amides is 1. The minimum absolute atomic E-state index is 0.0319. The Kier molecular flexibility index (Phi) is 5.65. The maximum atomic E-state index is 13.5. The van der Waals surface area contributed by atoms with Crippen molar-refractivity contribution in [2.24, 2.45) is 5.92 Å². The normalized spacial score (nSPS) is 25.6. The van der Waals surface area contributed by atoms with Gasteiger partial charge in [0.25, 0.3) is 0 Å². The van der Waals surface area contributed by atoms with E-state index in [0.29, 0.717) is 10.8 Å². The van der Waals surface area contributed by atoms with Gasteiger partial charge in [-0.15, -0.1) is 11.8 Å². The van der Waals surface area contributed by atoms with Gasteiger partial charge in [0.2, 0.25) is 5.91 Å². The fourth-order valence-electron chi connectivity index (χ4n) is 2.67. The number of halogens is 1. The third-order valence-electron chi connectivity index (χ3n) is 4.13. The maximum absolute atomic E-state index is 13.5. The number of aliphatic hydroxyl groups excluding tert-OH is 1. The first kappa shape index (κ1) is 16.3. The van der Waals surface area contributed by atoms with Crippen LogP contribution in [0, 0.1) is 11.7 Å². The van der Waals surface area contributed by atoms with Gasteiger partial charge in [0.15, 0.2) is 0 Å². The van der Waals surface area contributed by atoms with Gasteiger partial charge in [-0.25, -0.2) is 4.39 Å². The SMILES string of the molecule is CC1CCC(CO)(NC(=O)CSc2ccccc2F)CC1. The molecule has 1 aliphatic carbocycles. The number of thioether (sulfide) groups is 1. The molecule has 21 heavy (non-hydrogen) atoms. The second-order valence-electron chi connectivity index (χ2n) is 5.89. The Morgan fingerprint density at radius 2 is 2.10 bits per heavy atom. The van der Waals surface area contributed by atoms with Crippen molar-refractivity contribution in [3.63, 3.8) is 0 Å². The van der Waals surface area contributed by atoms with Crippen LogP contribution in [0.3, 0.4) is 0 Å². The first-order valence-corrected chi connectivity index (χ1v) is 8.32. The van der Waals surface area contributed by atoms with Crippen LogP contribution < -0.4 is 5.32 Å². The third kappa shape index (κ3) is 4.45. The van der Waals surface area contributed by atoms with Crippen LogP contribution in [0.4, 0.5) is 4.39 Å². The molecule has 1 amide bonds. The van der Waals surface area contributed by atoms with E-state index in [1.807, 2.05) is 0 Å². The number of carbonyl (C=O) groups is 1. The summed E-state index contributed by atoms with van der Waals surface area (Å²) >= 11 is 1.18. The Morgan fingerprint density at radius 1 is 1.43 bits per heavy atom. The van der Waals surface area contributed by atoms with Crippen molar-refractivity contribution in [2.45, 2.75) is 43.0 Å². The quantitative estimate of drug-likeness (QED) is 0.822. The molecule has 1 saturated carbocycles. The van der Waals surface area contributed by atoms with Gasteiger partial charge >= 0.3 is 0 Å². The zero-order valence-electron chi connectivity index (χ0n) is 12.3. The molecule has 0 aliphatic heterocycles. The molecule has 0 unspecified atom stereocenters. The Labute approximate surface area is 129 Å². The largest absolute Gasteiger partial charge is 0.394 e. The van der Waals surface area contributed by atoms with Crippen LogP contribution in [0.15, 0.2) is 29.2 Å². The molecular formula is C16H22FNO2S. The lowest BCUT2D eigenvalue weighted by Gasteiger charge is -2.38. The van der Waals surface area contributed by atoms with Gasteiger partial charge in [-0.2, -0.15) is 0 Å². The third-order valence-corrected chi connectivity index (χ3v) is 5.18. The highest BCUT2D eigenvalue weighted by molar-refractivity contribution is 8.00. The Bertz CT molecular complexity index is 487. The minimum atomic E-state index is -0.487. The summed E-state index contributed by atoms with van der Waals surface area (Å²) in [6.07, 6.45) is 3.64. The Morgan fingerprint density at radius 3 is 2.71 bits per heavy atom. The molecule has 0 radical (unpaired) electrons. The number of rotatable bonds is 5. The molecule has 2 rings (SSSR count). The standard InChI is InChI=1S/C16H22FNO2S/c1-12-6-8-16(11-19,9-7-12)18-15(20)10-21-14-5-3-2-4-13(14)17/h2-5,12,19H,6-11H2,1H3,(H,18,20).